The molecule has 1 aromatic heterocycles. The minimum Gasteiger partial charge on any atom is -0.477 e. The number of rotatable bonds is 3. The van der Waals surface area contributed by atoms with Crippen molar-refractivity contribution in [2.24, 2.45) is 0 Å². The van der Waals surface area contributed by atoms with E-state index in [4.69, 9.17) is 5.11 Å². The fourth-order valence-electron chi connectivity index (χ4n) is 2.65. The quantitative estimate of drug-likeness (QED) is 0.690. The summed E-state index contributed by atoms with van der Waals surface area (Å²) in [5.74, 6) is -2.19. The van der Waals surface area contributed by atoms with Crippen LogP contribution < -0.4 is 5.43 Å². The Morgan fingerprint density at radius 2 is 1.73 bits per heavy atom. The van der Waals surface area contributed by atoms with Gasteiger partial charge >= 0.3 is 12.1 Å². The van der Waals surface area contributed by atoms with Gasteiger partial charge in [-0.1, -0.05) is 12.1 Å². The number of hydrogen-bond acceptors (Lipinski definition) is 2. The summed E-state index contributed by atoms with van der Waals surface area (Å²) in [5, 5.41) is 8.85. The molecule has 0 aliphatic heterocycles. The molecule has 4 nitrogen and oxygen atoms in total. The summed E-state index contributed by atoms with van der Waals surface area (Å²) >= 11 is 0. The lowest BCUT2D eigenvalue weighted by Gasteiger charge is -2.09. The minimum atomic E-state index is -4.45. The van der Waals surface area contributed by atoms with E-state index in [0.717, 1.165) is 24.4 Å². The lowest BCUT2D eigenvalue weighted by atomic mass is 10.0. The van der Waals surface area contributed by atoms with Crippen LogP contribution in [-0.2, 0) is 12.6 Å². The van der Waals surface area contributed by atoms with E-state index in [1.807, 2.05) is 0 Å². The van der Waals surface area contributed by atoms with Crippen LogP contribution >= 0.6 is 0 Å². The van der Waals surface area contributed by atoms with Gasteiger partial charge < -0.3 is 10.1 Å². The average molecular weight is 365 g/mol. The van der Waals surface area contributed by atoms with Gasteiger partial charge in [-0.3, -0.25) is 4.79 Å². The topological polar surface area (TPSA) is 70.2 Å². The molecule has 8 heteroatoms. The number of benzene rings is 2. The van der Waals surface area contributed by atoms with Gasteiger partial charge in [0.2, 0.25) is 5.43 Å². The summed E-state index contributed by atoms with van der Waals surface area (Å²) < 4.78 is 52.0. The highest BCUT2D eigenvalue weighted by Gasteiger charge is 2.29. The normalized spacial score (nSPS) is 11.7. The van der Waals surface area contributed by atoms with Crippen molar-refractivity contribution in [2.45, 2.75) is 12.6 Å². The Hall–Kier alpha value is -3.16. The Bertz CT molecular complexity index is 1050. The summed E-state index contributed by atoms with van der Waals surface area (Å²) in [4.78, 5) is 25.7. The maximum absolute atomic E-state index is 14.2. The Kier molecular flexibility index (Phi) is 4.27. The third-order valence-corrected chi connectivity index (χ3v) is 3.92. The summed E-state index contributed by atoms with van der Waals surface area (Å²) in [6.45, 7) is 0. The van der Waals surface area contributed by atoms with Crippen molar-refractivity contribution >= 4 is 16.9 Å². The fraction of sp³-hybridized carbons (Fsp3) is 0.111. The molecule has 2 aromatic carbocycles. The summed E-state index contributed by atoms with van der Waals surface area (Å²) in [5.41, 5.74) is -1.46. The minimum absolute atomic E-state index is 0.0851. The number of halogens is 4. The van der Waals surface area contributed by atoms with Gasteiger partial charge in [-0.2, -0.15) is 13.2 Å². The van der Waals surface area contributed by atoms with Crippen LogP contribution in [0.1, 0.15) is 27.0 Å². The molecule has 0 unspecified atom stereocenters. The molecule has 26 heavy (non-hydrogen) atoms. The molecule has 0 spiro atoms. The Labute approximate surface area is 143 Å². The second-order valence-electron chi connectivity index (χ2n) is 5.71. The van der Waals surface area contributed by atoms with Crippen LogP contribution in [-0.4, -0.2) is 16.1 Å². The van der Waals surface area contributed by atoms with Gasteiger partial charge in [0.1, 0.15) is 11.4 Å². The van der Waals surface area contributed by atoms with Gasteiger partial charge in [0.25, 0.3) is 0 Å². The largest absolute Gasteiger partial charge is 0.477 e. The maximum atomic E-state index is 14.2. The van der Waals surface area contributed by atoms with Crippen molar-refractivity contribution in [1.82, 2.24) is 4.98 Å². The van der Waals surface area contributed by atoms with Crippen molar-refractivity contribution in [2.75, 3.05) is 0 Å². The lowest BCUT2D eigenvalue weighted by molar-refractivity contribution is -0.137. The van der Waals surface area contributed by atoms with Crippen LogP contribution in [0.2, 0.25) is 0 Å². The molecular formula is C18H11F4NO3. The van der Waals surface area contributed by atoms with Crippen LogP contribution in [0.15, 0.2) is 47.4 Å². The van der Waals surface area contributed by atoms with Crippen LogP contribution in [0.25, 0.3) is 10.9 Å². The van der Waals surface area contributed by atoms with E-state index in [2.05, 4.69) is 4.98 Å². The predicted octanol–water partition coefficient (Wildman–Crippen LogP) is 3.98. The number of aromatic nitrogens is 1. The first kappa shape index (κ1) is 17.7. The summed E-state index contributed by atoms with van der Waals surface area (Å²) in [6.07, 6.45) is -3.44. The van der Waals surface area contributed by atoms with Crippen LogP contribution in [0.4, 0.5) is 17.6 Å². The third-order valence-electron chi connectivity index (χ3n) is 3.92. The summed E-state index contributed by atoms with van der Waals surface area (Å²) in [6, 6.07) is 6.85. The van der Waals surface area contributed by atoms with Crippen LogP contribution in [0.5, 0.6) is 0 Å². The van der Waals surface area contributed by atoms with Crippen molar-refractivity contribution in [3.05, 3.63) is 80.9 Å². The molecule has 0 radical (unpaired) electrons. The van der Waals surface area contributed by atoms with Gasteiger partial charge in [-0.25, -0.2) is 9.18 Å². The molecule has 3 rings (SSSR count). The van der Waals surface area contributed by atoms with Crippen LogP contribution in [0, 0.1) is 5.82 Å². The zero-order chi connectivity index (χ0) is 19.1. The van der Waals surface area contributed by atoms with Crippen molar-refractivity contribution in [3.8, 4) is 0 Å². The van der Waals surface area contributed by atoms with E-state index in [-0.39, 0.29) is 17.3 Å². The van der Waals surface area contributed by atoms with Crippen molar-refractivity contribution < 1.29 is 27.5 Å². The fourth-order valence-corrected chi connectivity index (χ4v) is 2.65. The highest BCUT2D eigenvalue weighted by molar-refractivity contribution is 5.92. The van der Waals surface area contributed by atoms with E-state index in [0.29, 0.717) is 11.1 Å². The molecular weight excluding hydrogens is 354 g/mol. The number of carbonyl (C=O) groups is 1. The number of nitrogens with one attached hydrogen (secondary N) is 1. The number of fused-ring (bicyclic) bond motifs is 1. The standard InChI is InChI=1S/C18H11F4NO3/c19-14-7-10(5-9-1-3-11(4-2-9)18(20,21)22)6-12-15(14)23-8-13(16(12)24)17(25)26/h1-4,6-8H,5H2,(H,23,24)(H,25,26). The number of carboxylic acids is 1. The molecule has 134 valence electrons. The third kappa shape index (κ3) is 3.30. The highest BCUT2D eigenvalue weighted by Crippen LogP contribution is 2.29. The number of carboxylic acid groups (broad SMARTS) is 1. The zero-order valence-electron chi connectivity index (χ0n) is 13.0. The first-order valence-corrected chi connectivity index (χ1v) is 7.40. The molecule has 2 N–H and O–H groups in total. The van der Waals surface area contributed by atoms with E-state index in [1.165, 1.54) is 18.2 Å². The van der Waals surface area contributed by atoms with Gasteiger partial charge in [-0.15, -0.1) is 0 Å². The second-order valence-corrected chi connectivity index (χ2v) is 5.71. The van der Waals surface area contributed by atoms with Crippen molar-refractivity contribution in [1.29, 1.82) is 0 Å². The van der Waals surface area contributed by atoms with Gasteiger partial charge in [-0.05, 0) is 41.8 Å². The number of hydrogen-bond donors (Lipinski definition) is 2. The van der Waals surface area contributed by atoms with E-state index < -0.39 is 34.5 Å². The molecule has 1 heterocycles. The highest BCUT2D eigenvalue weighted by atomic mass is 19.4. The smallest absolute Gasteiger partial charge is 0.416 e. The zero-order valence-corrected chi connectivity index (χ0v) is 13.0. The first-order valence-electron chi connectivity index (χ1n) is 7.40. The van der Waals surface area contributed by atoms with E-state index >= 15 is 0 Å². The first-order chi connectivity index (χ1) is 12.2. The van der Waals surface area contributed by atoms with Crippen molar-refractivity contribution in [3.63, 3.8) is 0 Å². The Balaban J connectivity index is 2.02. The Morgan fingerprint density at radius 3 is 2.31 bits per heavy atom. The molecule has 0 atom stereocenters. The number of alkyl halides is 3. The van der Waals surface area contributed by atoms with Gasteiger partial charge in [0.15, 0.2) is 0 Å². The number of aromatic amines is 1. The molecule has 0 amide bonds. The molecule has 0 saturated carbocycles. The van der Waals surface area contributed by atoms with Gasteiger partial charge in [0, 0.05) is 11.6 Å². The average Bonchev–Trinajstić information content (AvgIpc) is 2.55. The monoisotopic (exact) mass is 365 g/mol. The molecule has 0 fully saturated rings. The molecule has 3 aromatic rings. The number of H-pyrrole nitrogens is 1. The number of pyridine rings is 1. The van der Waals surface area contributed by atoms with E-state index in [9.17, 15) is 27.2 Å². The maximum Gasteiger partial charge on any atom is 0.416 e. The Morgan fingerprint density at radius 1 is 1.08 bits per heavy atom. The molecule has 0 aliphatic rings. The predicted molar refractivity (Wildman–Crippen MR) is 85.7 cm³/mol. The molecule has 0 bridgehead atoms. The number of aromatic carboxylic acids is 1. The molecule has 0 saturated heterocycles. The SMILES string of the molecule is O=C(O)c1c[nH]c2c(F)cc(Cc3ccc(C(F)(F)F)cc3)cc2c1=O. The lowest BCUT2D eigenvalue weighted by Crippen LogP contribution is -2.16. The summed E-state index contributed by atoms with van der Waals surface area (Å²) in [7, 11) is 0. The van der Waals surface area contributed by atoms with Crippen LogP contribution in [0.3, 0.4) is 0 Å². The molecule has 0 aliphatic carbocycles. The van der Waals surface area contributed by atoms with Gasteiger partial charge in [0.05, 0.1) is 11.1 Å². The second kappa shape index (κ2) is 6.29. The van der Waals surface area contributed by atoms with E-state index in [1.54, 1.807) is 0 Å².